The Balaban J connectivity index is 1.52. The number of aromatic nitrogens is 1. The number of nitrogens with one attached hydrogen (secondary N) is 2. The number of ether oxygens (including phenoxy) is 2. The van der Waals surface area contributed by atoms with Crippen LogP contribution in [-0.4, -0.2) is 35.8 Å². The molecule has 0 atom stereocenters. The first-order valence-electron chi connectivity index (χ1n) is 12.3. The van der Waals surface area contributed by atoms with Crippen molar-refractivity contribution in [1.82, 2.24) is 4.98 Å². The summed E-state index contributed by atoms with van der Waals surface area (Å²) in [6.45, 7) is 2.81. The van der Waals surface area contributed by atoms with E-state index >= 15 is 0 Å². The Morgan fingerprint density at radius 2 is 1.92 bits per heavy atom. The largest absolute Gasteiger partial charge is 0.495 e. The summed E-state index contributed by atoms with van der Waals surface area (Å²) < 4.78 is 10.8. The molecular formula is C27H31N3O6S. The van der Waals surface area contributed by atoms with E-state index in [0.717, 1.165) is 47.3 Å². The smallest absolute Gasteiger partial charge is 0.411 e. The summed E-state index contributed by atoms with van der Waals surface area (Å²) in [5, 5.41) is 12.8. The van der Waals surface area contributed by atoms with E-state index in [1.54, 1.807) is 24.1 Å². The number of nitrogens with zero attached hydrogens (tertiary/aromatic N) is 1. The Bertz CT molecular complexity index is 1310. The van der Waals surface area contributed by atoms with Gasteiger partial charge < -0.3 is 19.5 Å². The number of aromatic hydroxyl groups is 1. The minimum atomic E-state index is -0.486. The van der Waals surface area contributed by atoms with Gasteiger partial charge in [-0.3, -0.25) is 19.9 Å². The van der Waals surface area contributed by atoms with Gasteiger partial charge in [0.05, 0.1) is 30.8 Å². The van der Waals surface area contributed by atoms with Crippen LogP contribution < -0.4 is 19.8 Å². The van der Waals surface area contributed by atoms with Crippen LogP contribution in [0.4, 0.5) is 16.2 Å². The molecule has 1 aromatic heterocycles. The monoisotopic (exact) mass is 525 g/mol. The van der Waals surface area contributed by atoms with Gasteiger partial charge in [0.15, 0.2) is 0 Å². The van der Waals surface area contributed by atoms with Crippen molar-refractivity contribution in [3.05, 3.63) is 67.6 Å². The Morgan fingerprint density at radius 3 is 2.59 bits per heavy atom. The number of hydrogen-bond acceptors (Lipinski definition) is 7. The molecule has 2 aromatic carbocycles. The highest BCUT2D eigenvalue weighted by molar-refractivity contribution is 7.09. The zero-order chi connectivity index (χ0) is 26.4. The first kappa shape index (κ1) is 26.3. The topological polar surface area (TPSA) is 121 Å². The van der Waals surface area contributed by atoms with Crippen molar-refractivity contribution in [3.63, 3.8) is 0 Å². The van der Waals surface area contributed by atoms with E-state index < -0.39 is 6.09 Å². The van der Waals surface area contributed by atoms with Gasteiger partial charge in [-0.1, -0.05) is 49.3 Å². The predicted molar refractivity (Wildman–Crippen MR) is 143 cm³/mol. The number of aromatic amines is 1. The fourth-order valence-corrected chi connectivity index (χ4v) is 5.16. The molecule has 9 nitrogen and oxygen atoms in total. The van der Waals surface area contributed by atoms with Crippen molar-refractivity contribution in [2.24, 2.45) is 0 Å². The van der Waals surface area contributed by atoms with Crippen LogP contribution in [0, 0.1) is 0 Å². The highest BCUT2D eigenvalue weighted by Crippen LogP contribution is 2.41. The zero-order valence-electron chi connectivity index (χ0n) is 21.0. The second-order valence-corrected chi connectivity index (χ2v) is 9.93. The summed E-state index contributed by atoms with van der Waals surface area (Å²) in [5.74, 6) is 0.444. The average molecular weight is 526 g/mol. The van der Waals surface area contributed by atoms with Crippen LogP contribution in [0.5, 0.6) is 11.6 Å². The number of rotatable bonds is 10. The number of fused-ring (bicyclic) bond motifs is 1. The highest BCUT2D eigenvalue weighted by Gasteiger charge is 2.30. The summed E-state index contributed by atoms with van der Waals surface area (Å²) >= 11 is 0.974. The quantitative estimate of drug-likeness (QED) is 0.322. The SMILES string of the molecule is CCCCCOC(=O)Nc1ccc(CN2C(=O)CCc3c(Cc4sc(=O)[nH]c4O)ccc(OC)c32)cc1. The lowest BCUT2D eigenvalue weighted by Crippen LogP contribution is -2.35. The first-order chi connectivity index (χ1) is 17.9. The molecule has 0 spiro atoms. The van der Waals surface area contributed by atoms with E-state index in [1.807, 2.05) is 24.3 Å². The molecule has 1 aliphatic heterocycles. The molecule has 2 heterocycles. The Morgan fingerprint density at radius 1 is 1.14 bits per heavy atom. The van der Waals surface area contributed by atoms with Crippen LogP contribution in [0.15, 0.2) is 41.2 Å². The fraction of sp³-hybridized carbons (Fsp3) is 0.370. The maximum atomic E-state index is 13.0. The fourth-order valence-electron chi connectivity index (χ4n) is 4.41. The van der Waals surface area contributed by atoms with Gasteiger partial charge in [-0.25, -0.2) is 4.79 Å². The van der Waals surface area contributed by atoms with Crippen molar-refractivity contribution in [3.8, 4) is 11.6 Å². The van der Waals surface area contributed by atoms with Gasteiger partial charge in [-0.2, -0.15) is 0 Å². The molecule has 0 saturated carbocycles. The van der Waals surface area contributed by atoms with E-state index in [0.29, 0.717) is 54.4 Å². The van der Waals surface area contributed by atoms with Crippen LogP contribution >= 0.6 is 11.3 Å². The lowest BCUT2D eigenvalue weighted by molar-refractivity contribution is -0.119. The third-order valence-corrected chi connectivity index (χ3v) is 7.17. The molecule has 0 saturated heterocycles. The van der Waals surface area contributed by atoms with Crippen molar-refractivity contribution in [1.29, 1.82) is 0 Å². The van der Waals surface area contributed by atoms with Gasteiger partial charge >= 0.3 is 11.0 Å². The predicted octanol–water partition coefficient (Wildman–Crippen LogP) is 4.96. The maximum Gasteiger partial charge on any atom is 0.411 e. The second-order valence-electron chi connectivity index (χ2n) is 8.86. The van der Waals surface area contributed by atoms with E-state index in [-0.39, 0.29) is 16.7 Å². The van der Waals surface area contributed by atoms with E-state index in [1.165, 1.54) is 0 Å². The van der Waals surface area contributed by atoms with Crippen LogP contribution in [-0.2, 0) is 28.9 Å². The van der Waals surface area contributed by atoms with Crippen molar-refractivity contribution in [2.75, 3.05) is 23.9 Å². The number of unbranched alkanes of at least 4 members (excludes halogenated alkanes) is 2. The number of carbonyl (C=O) groups is 2. The molecule has 0 bridgehead atoms. The molecule has 4 rings (SSSR count). The number of carbonyl (C=O) groups excluding carboxylic acids is 2. The van der Waals surface area contributed by atoms with Crippen LogP contribution in [0.2, 0.25) is 0 Å². The molecular weight excluding hydrogens is 494 g/mol. The number of methoxy groups -OCH3 is 1. The van der Waals surface area contributed by atoms with Crippen molar-refractivity contribution >= 4 is 34.7 Å². The maximum absolute atomic E-state index is 13.0. The van der Waals surface area contributed by atoms with Gasteiger partial charge in [-0.15, -0.1) is 0 Å². The normalized spacial score (nSPS) is 12.8. The van der Waals surface area contributed by atoms with Gasteiger partial charge in [0.25, 0.3) is 0 Å². The first-order valence-corrected chi connectivity index (χ1v) is 13.1. The molecule has 0 fully saturated rings. The Labute approximate surface area is 219 Å². The molecule has 0 radical (unpaired) electrons. The van der Waals surface area contributed by atoms with Crippen LogP contribution in [0.1, 0.15) is 54.2 Å². The Kier molecular flexibility index (Phi) is 8.50. The number of hydrogen-bond donors (Lipinski definition) is 3. The molecule has 196 valence electrons. The minimum Gasteiger partial charge on any atom is -0.495 e. The van der Waals surface area contributed by atoms with Gasteiger partial charge in [-0.05, 0) is 47.7 Å². The number of anilines is 2. The number of thiazole rings is 1. The van der Waals surface area contributed by atoms with E-state index in [9.17, 15) is 19.5 Å². The highest BCUT2D eigenvalue weighted by atomic mass is 32.1. The summed E-state index contributed by atoms with van der Waals surface area (Å²) in [6, 6.07) is 11.0. The van der Waals surface area contributed by atoms with E-state index in [2.05, 4.69) is 17.2 Å². The standard InChI is InChI=1S/C27H31N3O6S/c1-3-4-5-14-36-26(33)28-19-9-6-17(7-10-19)16-30-23(31)13-11-20-18(8-12-21(35-2)24(20)30)15-22-25(32)29-27(34)37-22/h6-10,12,32H,3-5,11,13-16H2,1-2H3,(H,28,33)(H,29,34). The molecule has 3 N–H and O–H groups in total. The molecule has 2 amide bonds. The van der Waals surface area contributed by atoms with Crippen molar-refractivity contribution < 1.29 is 24.2 Å². The van der Waals surface area contributed by atoms with E-state index in [4.69, 9.17) is 9.47 Å². The third-order valence-electron chi connectivity index (χ3n) is 6.30. The number of benzene rings is 2. The Hall–Kier alpha value is -3.79. The molecule has 10 heteroatoms. The molecule has 3 aromatic rings. The van der Waals surface area contributed by atoms with Gasteiger partial charge in [0, 0.05) is 18.5 Å². The summed E-state index contributed by atoms with van der Waals surface area (Å²) in [6.07, 6.45) is 3.68. The summed E-state index contributed by atoms with van der Waals surface area (Å²) in [5.41, 5.74) is 4.09. The summed E-state index contributed by atoms with van der Waals surface area (Å²) in [4.78, 5) is 41.0. The molecule has 37 heavy (non-hydrogen) atoms. The van der Waals surface area contributed by atoms with Gasteiger partial charge in [0.2, 0.25) is 11.8 Å². The third kappa shape index (κ3) is 6.32. The summed E-state index contributed by atoms with van der Waals surface area (Å²) in [7, 11) is 1.57. The van der Waals surface area contributed by atoms with Crippen LogP contribution in [0.3, 0.4) is 0 Å². The lowest BCUT2D eigenvalue weighted by Gasteiger charge is -2.32. The second kappa shape index (κ2) is 12.0. The average Bonchev–Trinajstić information content (AvgIpc) is 3.20. The minimum absolute atomic E-state index is 0.0186. The molecule has 1 aliphatic rings. The number of amides is 2. The number of H-pyrrole nitrogens is 1. The van der Waals surface area contributed by atoms with Gasteiger partial charge in [0.1, 0.15) is 5.75 Å². The molecule has 0 aliphatic carbocycles. The molecule has 0 unspecified atom stereocenters. The van der Waals surface area contributed by atoms with Crippen LogP contribution in [0.25, 0.3) is 0 Å². The zero-order valence-corrected chi connectivity index (χ0v) is 21.8. The lowest BCUT2D eigenvalue weighted by atomic mass is 9.92. The van der Waals surface area contributed by atoms with Crippen molar-refractivity contribution in [2.45, 2.75) is 52.0 Å².